The van der Waals surface area contributed by atoms with Crippen LogP contribution in [0.2, 0.25) is 0 Å². The maximum Gasteiger partial charge on any atom is 0.313 e. The highest BCUT2D eigenvalue weighted by Crippen LogP contribution is 2.15. The molecule has 0 aromatic heterocycles. The fourth-order valence-electron chi connectivity index (χ4n) is 1.44. The lowest BCUT2D eigenvalue weighted by Gasteiger charge is -2.07. The summed E-state index contributed by atoms with van der Waals surface area (Å²) in [6.45, 7) is 6.51. The zero-order chi connectivity index (χ0) is 14.8. The molecule has 0 atom stereocenters. The second-order valence-electron chi connectivity index (χ2n) is 4.19. The molecule has 5 heteroatoms. The molecule has 0 radical (unpaired) electrons. The van der Waals surface area contributed by atoms with Crippen molar-refractivity contribution in [1.82, 2.24) is 5.32 Å². The van der Waals surface area contributed by atoms with Crippen LogP contribution in [-0.4, -0.2) is 25.0 Å². The minimum atomic E-state index is -0.666. The summed E-state index contributed by atoms with van der Waals surface area (Å²) in [4.78, 5) is 23.1. The topological polar surface area (TPSA) is 67.4 Å². The van der Waals surface area contributed by atoms with E-state index in [1.807, 2.05) is 6.92 Å². The van der Waals surface area contributed by atoms with E-state index in [4.69, 9.17) is 4.74 Å². The van der Waals surface area contributed by atoms with Crippen molar-refractivity contribution in [3.8, 4) is 5.75 Å². The molecule has 0 fully saturated rings. The van der Waals surface area contributed by atoms with Crippen LogP contribution in [-0.2, 0) is 9.59 Å². The number of anilines is 1. The summed E-state index contributed by atoms with van der Waals surface area (Å²) in [5, 5.41) is 5.08. The minimum absolute atomic E-state index is 0.422. The largest absolute Gasteiger partial charge is 0.490 e. The van der Waals surface area contributed by atoms with Gasteiger partial charge in [0, 0.05) is 12.2 Å². The zero-order valence-electron chi connectivity index (χ0n) is 11.6. The Balaban J connectivity index is 2.45. The van der Waals surface area contributed by atoms with E-state index >= 15 is 0 Å². The number of carbonyl (C=O) groups is 2. The molecule has 0 aliphatic rings. The third-order valence-electron chi connectivity index (χ3n) is 2.50. The van der Waals surface area contributed by atoms with Crippen molar-refractivity contribution in [2.75, 3.05) is 18.5 Å². The lowest BCUT2D eigenvalue weighted by atomic mass is 10.3. The molecule has 1 aromatic carbocycles. The Kier molecular flexibility index (Phi) is 6.89. The van der Waals surface area contributed by atoms with Crippen molar-refractivity contribution >= 4 is 17.5 Å². The van der Waals surface area contributed by atoms with Gasteiger partial charge in [-0.2, -0.15) is 0 Å². The summed E-state index contributed by atoms with van der Waals surface area (Å²) in [7, 11) is 0. The summed E-state index contributed by atoms with van der Waals surface area (Å²) in [6.07, 6.45) is 3.47. The van der Waals surface area contributed by atoms with Gasteiger partial charge in [0.2, 0.25) is 0 Å². The molecule has 0 unspecified atom stereocenters. The molecule has 5 nitrogen and oxygen atoms in total. The Bertz CT molecular complexity index is 455. The van der Waals surface area contributed by atoms with E-state index < -0.39 is 11.8 Å². The Morgan fingerprint density at radius 3 is 2.55 bits per heavy atom. The summed E-state index contributed by atoms with van der Waals surface area (Å²) in [6, 6.07) is 6.79. The first kappa shape index (κ1) is 15.8. The molecule has 0 heterocycles. The summed E-state index contributed by atoms with van der Waals surface area (Å²) >= 11 is 0. The number of unbranched alkanes of at least 4 members (excludes halogenated alkanes) is 1. The smallest absolute Gasteiger partial charge is 0.313 e. The van der Waals surface area contributed by atoms with Crippen molar-refractivity contribution < 1.29 is 14.3 Å². The van der Waals surface area contributed by atoms with Crippen LogP contribution < -0.4 is 15.4 Å². The minimum Gasteiger partial charge on any atom is -0.490 e. The van der Waals surface area contributed by atoms with Crippen molar-refractivity contribution in [3.63, 3.8) is 0 Å². The molecule has 0 aliphatic heterocycles. The number of hydrogen-bond donors (Lipinski definition) is 2. The van der Waals surface area contributed by atoms with Crippen LogP contribution in [0.5, 0.6) is 5.75 Å². The van der Waals surface area contributed by atoms with E-state index in [0.29, 0.717) is 24.6 Å². The van der Waals surface area contributed by atoms with Crippen LogP contribution in [0.3, 0.4) is 0 Å². The number of nitrogens with one attached hydrogen (secondary N) is 2. The lowest BCUT2D eigenvalue weighted by molar-refractivity contribution is -0.136. The van der Waals surface area contributed by atoms with Gasteiger partial charge in [0.05, 0.1) is 0 Å². The third-order valence-corrected chi connectivity index (χ3v) is 2.50. The maximum absolute atomic E-state index is 11.6. The van der Waals surface area contributed by atoms with E-state index in [2.05, 4.69) is 17.2 Å². The molecule has 108 valence electrons. The van der Waals surface area contributed by atoms with Gasteiger partial charge in [-0.05, 0) is 30.7 Å². The van der Waals surface area contributed by atoms with Crippen LogP contribution in [0.25, 0.3) is 0 Å². The summed E-state index contributed by atoms with van der Waals surface area (Å²) in [5.74, 6) is -0.610. The molecular weight excluding hydrogens is 256 g/mol. The first-order chi connectivity index (χ1) is 9.67. The normalized spacial score (nSPS) is 9.65. The number of hydrogen-bond acceptors (Lipinski definition) is 3. The molecule has 2 N–H and O–H groups in total. The van der Waals surface area contributed by atoms with E-state index in [1.165, 1.54) is 0 Å². The molecule has 20 heavy (non-hydrogen) atoms. The second kappa shape index (κ2) is 8.74. The number of ether oxygens (including phenoxy) is 1. The van der Waals surface area contributed by atoms with Gasteiger partial charge in [-0.1, -0.05) is 26.0 Å². The number of amides is 2. The zero-order valence-corrected chi connectivity index (χ0v) is 11.6. The molecule has 1 rings (SSSR count). The molecule has 0 saturated carbocycles. The Labute approximate surface area is 119 Å². The summed E-state index contributed by atoms with van der Waals surface area (Å²) < 4.78 is 5.32. The average molecular weight is 276 g/mol. The van der Waals surface area contributed by atoms with Crippen LogP contribution >= 0.6 is 0 Å². The predicted octanol–water partition coefficient (Wildman–Crippen LogP) is 2.11. The third kappa shape index (κ3) is 5.56. The number of carbonyl (C=O) groups excluding carboxylic acids is 2. The fourth-order valence-corrected chi connectivity index (χ4v) is 1.44. The standard InChI is InChI=1S/C15H20N2O3/c1-3-5-10-16-14(18)15(19)17-12-6-8-13(9-7-12)20-11-4-2/h4,6-9H,2-3,5,10-11H2,1H3,(H,16,18)(H,17,19). The van der Waals surface area contributed by atoms with Crippen LogP contribution in [0, 0.1) is 0 Å². The van der Waals surface area contributed by atoms with Gasteiger partial charge in [0.25, 0.3) is 0 Å². The van der Waals surface area contributed by atoms with Crippen molar-refractivity contribution in [2.24, 2.45) is 0 Å². The van der Waals surface area contributed by atoms with Crippen LogP contribution in [0.15, 0.2) is 36.9 Å². The van der Waals surface area contributed by atoms with Crippen molar-refractivity contribution in [2.45, 2.75) is 19.8 Å². The van der Waals surface area contributed by atoms with E-state index in [-0.39, 0.29) is 0 Å². The number of benzene rings is 1. The van der Waals surface area contributed by atoms with E-state index in [0.717, 1.165) is 12.8 Å². The van der Waals surface area contributed by atoms with Gasteiger partial charge in [0.15, 0.2) is 0 Å². The molecule has 2 amide bonds. The Hall–Kier alpha value is -2.30. The Morgan fingerprint density at radius 2 is 1.95 bits per heavy atom. The first-order valence-corrected chi connectivity index (χ1v) is 6.60. The SMILES string of the molecule is C=CCOc1ccc(NC(=O)C(=O)NCCCC)cc1. The quantitative estimate of drug-likeness (QED) is 0.455. The Morgan fingerprint density at radius 1 is 1.25 bits per heavy atom. The second-order valence-corrected chi connectivity index (χ2v) is 4.19. The monoisotopic (exact) mass is 276 g/mol. The molecule has 0 aliphatic carbocycles. The van der Waals surface area contributed by atoms with Gasteiger partial charge >= 0.3 is 11.8 Å². The average Bonchev–Trinajstić information content (AvgIpc) is 2.46. The first-order valence-electron chi connectivity index (χ1n) is 6.60. The fraction of sp³-hybridized carbons (Fsp3) is 0.333. The molecule has 0 bridgehead atoms. The van der Waals surface area contributed by atoms with Crippen LogP contribution in [0.4, 0.5) is 5.69 Å². The highest BCUT2D eigenvalue weighted by Gasteiger charge is 2.12. The molecule has 0 saturated heterocycles. The summed E-state index contributed by atoms with van der Waals surface area (Å²) in [5.41, 5.74) is 0.548. The van der Waals surface area contributed by atoms with Gasteiger partial charge in [-0.25, -0.2) is 0 Å². The lowest BCUT2D eigenvalue weighted by Crippen LogP contribution is -2.35. The maximum atomic E-state index is 11.6. The van der Waals surface area contributed by atoms with Gasteiger partial charge in [0.1, 0.15) is 12.4 Å². The highest BCUT2D eigenvalue weighted by atomic mass is 16.5. The number of rotatable bonds is 7. The van der Waals surface area contributed by atoms with Crippen LogP contribution in [0.1, 0.15) is 19.8 Å². The highest BCUT2D eigenvalue weighted by molar-refractivity contribution is 6.39. The van der Waals surface area contributed by atoms with Gasteiger partial charge in [-0.3, -0.25) is 9.59 Å². The van der Waals surface area contributed by atoms with Gasteiger partial charge < -0.3 is 15.4 Å². The molecular formula is C15H20N2O3. The van der Waals surface area contributed by atoms with Crippen molar-refractivity contribution in [1.29, 1.82) is 0 Å². The predicted molar refractivity (Wildman–Crippen MR) is 78.7 cm³/mol. The van der Waals surface area contributed by atoms with E-state index in [9.17, 15) is 9.59 Å². The van der Waals surface area contributed by atoms with E-state index in [1.54, 1.807) is 30.3 Å². The van der Waals surface area contributed by atoms with Crippen molar-refractivity contribution in [3.05, 3.63) is 36.9 Å². The molecule has 1 aromatic rings. The molecule has 0 spiro atoms. The van der Waals surface area contributed by atoms with Gasteiger partial charge in [-0.15, -0.1) is 0 Å².